The number of ether oxygens (including phenoxy) is 3. The number of anilines is 2. The number of amides is 1. The van der Waals surface area contributed by atoms with E-state index in [1.54, 1.807) is 36.4 Å². The lowest BCUT2D eigenvalue weighted by atomic mass is 10.2. The lowest BCUT2D eigenvalue weighted by Crippen LogP contribution is -2.38. The van der Waals surface area contributed by atoms with Gasteiger partial charge in [-0.1, -0.05) is 31.5 Å². The summed E-state index contributed by atoms with van der Waals surface area (Å²) in [4.78, 5) is 25.1. The molecule has 3 rings (SSSR count). The van der Waals surface area contributed by atoms with Gasteiger partial charge in [0.15, 0.2) is 11.5 Å². The van der Waals surface area contributed by atoms with E-state index < -0.39 is 28.4 Å². The van der Waals surface area contributed by atoms with E-state index in [-0.39, 0.29) is 10.6 Å². The Morgan fingerprint density at radius 1 is 0.892 bits per heavy atom. The molecule has 0 aromatic heterocycles. The lowest BCUT2D eigenvalue weighted by molar-refractivity contribution is -0.114. The molecule has 3 aromatic carbocycles. The summed E-state index contributed by atoms with van der Waals surface area (Å²) in [6.45, 7) is 1.84. The fraction of sp³-hybridized carbons (Fsp3) is 0.259. The van der Waals surface area contributed by atoms with Crippen LogP contribution in [0.3, 0.4) is 0 Å². The van der Waals surface area contributed by atoms with Gasteiger partial charge in [0, 0.05) is 11.8 Å². The van der Waals surface area contributed by atoms with Crippen LogP contribution in [0.2, 0.25) is 0 Å². The second-order valence-electron chi connectivity index (χ2n) is 7.98. The minimum Gasteiger partial charge on any atom is -0.493 e. The van der Waals surface area contributed by atoms with Gasteiger partial charge in [0.1, 0.15) is 6.54 Å². The molecule has 10 heteroatoms. The van der Waals surface area contributed by atoms with Crippen LogP contribution in [0.25, 0.3) is 0 Å². The maximum absolute atomic E-state index is 13.5. The number of rotatable bonds is 12. The smallest absolute Gasteiger partial charge is 0.338 e. The van der Waals surface area contributed by atoms with Gasteiger partial charge < -0.3 is 19.5 Å². The molecule has 0 heterocycles. The van der Waals surface area contributed by atoms with Crippen LogP contribution in [-0.4, -0.2) is 47.7 Å². The number of esters is 1. The zero-order valence-corrected chi connectivity index (χ0v) is 21.8. The van der Waals surface area contributed by atoms with E-state index in [2.05, 4.69) is 5.32 Å². The predicted molar refractivity (Wildman–Crippen MR) is 141 cm³/mol. The van der Waals surface area contributed by atoms with Crippen molar-refractivity contribution in [2.45, 2.75) is 24.7 Å². The average Bonchev–Trinajstić information content (AvgIpc) is 2.92. The highest BCUT2D eigenvalue weighted by Crippen LogP contribution is 2.33. The first kappa shape index (κ1) is 27.5. The van der Waals surface area contributed by atoms with Crippen molar-refractivity contribution in [2.24, 2.45) is 0 Å². The van der Waals surface area contributed by atoms with Crippen molar-refractivity contribution < 1.29 is 32.2 Å². The Morgan fingerprint density at radius 2 is 1.57 bits per heavy atom. The van der Waals surface area contributed by atoms with Crippen molar-refractivity contribution in [1.82, 2.24) is 0 Å². The van der Waals surface area contributed by atoms with Gasteiger partial charge in [-0.25, -0.2) is 13.2 Å². The first-order valence-corrected chi connectivity index (χ1v) is 13.1. The zero-order valence-electron chi connectivity index (χ0n) is 21.0. The molecule has 1 N–H and O–H groups in total. The van der Waals surface area contributed by atoms with Crippen LogP contribution >= 0.6 is 0 Å². The number of carbonyl (C=O) groups excluding carboxylic acids is 2. The predicted octanol–water partition coefficient (Wildman–Crippen LogP) is 4.49. The minimum atomic E-state index is -4.10. The van der Waals surface area contributed by atoms with Crippen LogP contribution < -0.4 is 19.1 Å². The van der Waals surface area contributed by atoms with Crippen LogP contribution in [-0.2, 0) is 19.6 Å². The number of hydrogen-bond acceptors (Lipinski definition) is 7. The molecule has 0 aliphatic carbocycles. The highest BCUT2D eigenvalue weighted by Gasteiger charge is 2.28. The molecule has 0 bridgehead atoms. The van der Waals surface area contributed by atoms with Gasteiger partial charge >= 0.3 is 5.97 Å². The van der Waals surface area contributed by atoms with Crippen LogP contribution in [0.5, 0.6) is 11.5 Å². The fourth-order valence-corrected chi connectivity index (χ4v) is 4.86. The van der Waals surface area contributed by atoms with Crippen LogP contribution in [0.1, 0.15) is 30.1 Å². The molecule has 0 saturated heterocycles. The normalized spacial score (nSPS) is 10.9. The largest absolute Gasteiger partial charge is 0.493 e. The van der Waals surface area contributed by atoms with Gasteiger partial charge in [-0.05, 0) is 55.0 Å². The number of sulfonamides is 1. The van der Waals surface area contributed by atoms with E-state index in [0.29, 0.717) is 29.4 Å². The molecule has 0 fully saturated rings. The zero-order chi connectivity index (χ0) is 26.8. The van der Waals surface area contributed by atoms with E-state index >= 15 is 0 Å². The number of nitrogens with zero attached hydrogens (tertiary/aromatic N) is 1. The topological polar surface area (TPSA) is 111 Å². The number of benzene rings is 3. The summed E-state index contributed by atoms with van der Waals surface area (Å²) in [5, 5.41) is 2.68. The third-order valence-electron chi connectivity index (χ3n) is 5.41. The van der Waals surface area contributed by atoms with Crippen molar-refractivity contribution >= 4 is 33.3 Å². The molecule has 196 valence electrons. The summed E-state index contributed by atoms with van der Waals surface area (Å²) in [5.41, 5.74) is 0.981. The molecular weight excluding hydrogens is 496 g/mol. The summed E-state index contributed by atoms with van der Waals surface area (Å²) in [6, 6.07) is 18.6. The first-order valence-electron chi connectivity index (χ1n) is 11.7. The Hall–Kier alpha value is -4.05. The van der Waals surface area contributed by atoms with Gasteiger partial charge in [-0.15, -0.1) is 0 Å². The van der Waals surface area contributed by atoms with Crippen molar-refractivity contribution in [3.05, 3.63) is 78.4 Å². The van der Waals surface area contributed by atoms with Gasteiger partial charge in [0.2, 0.25) is 5.91 Å². The van der Waals surface area contributed by atoms with Gasteiger partial charge in [-0.2, -0.15) is 0 Å². The van der Waals surface area contributed by atoms with Crippen molar-refractivity contribution in [3.63, 3.8) is 0 Å². The number of carbonyl (C=O) groups is 2. The molecule has 0 radical (unpaired) electrons. The van der Waals surface area contributed by atoms with E-state index in [4.69, 9.17) is 14.2 Å². The van der Waals surface area contributed by atoms with Gasteiger partial charge in [0.05, 0.1) is 37.0 Å². The maximum atomic E-state index is 13.5. The molecule has 37 heavy (non-hydrogen) atoms. The summed E-state index contributed by atoms with van der Waals surface area (Å²) in [5.74, 6) is -0.288. The Bertz CT molecular complexity index is 1310. The second kappa shape index (κ2) is 12.8. The third-order valence-corrected chi connectivity index (χ3v) is 7.20. The Balaban J connectivity index is 1.83. The highest BCUT2D eigenvalue weighted by atomic mass is 32.2. The first-order chi connectivity index (χ1) is 17.8. The van der Waals surface area contributed by atoms with Crippen LogP contribution in [0.15, 0.2) is 77.7 Å². The summed E-state index contributed by atoms with van der Waals surface area (Å²) in [6.07, 6.45) is 1.70. The molecule has 0 aliphatic heterocycles. The Morgan fingerprint density at radius 3 is 2.19 bits per heavy atom. The number of hydrogen-bond donors (Lipinski definition) is 1. The van der Waals surface area contributed by atoms with Crippen LogP contribution in [0.4, 0.5) is 11.4 Å². The van der Waals surface area contributed by atoms with Crippen molar-refractivity contribution in [2.75, 3.05) is 37.0 Å². The Kier molecular flexibility index (Phi) is 9.51. The quantitative estimate of drug-likeness (QED) is 0.273. The van der Waals surface area contributed by atoms with E-state index in [1.807, 2.05) is 6.92 Å². The molecule has 1 amide bonds. The number of nitrogens with one attached hydrogen (secondary N) is 1. The van der Waals surface area contributed by atoms with Crippen LogP contribution in [0, 0.1) is 0 Å². The number of unbranched alkanes of at least 4 members (excludes halogenated alkanes) is 1. The standard InChI is InChI=1S/C27H30N2O7S/c1-4-5-17-36-27(31)20-11-13-21(14-12-20)28-26(30)19-29(37(32,33)23-9-7-6-8-10-23)22-15-16-24(34-2)25(18-22)35-3/h6-16,18H,4-5,17,19H2,1-3H3,(H,28,30). The third kappa shape index (κ3) is 7.01. The van der Waals surface area contributed by atoms with E-state index in [1.165, 1.54) is 50.6 Å². The molecule has 0 atom stereocenters. The van der Waals surface area contributed by atoms with E-state index in [9.17, 15) is 18.0 Å². The van der Waals surface area contributed by atoms with Gasteiger partial charge in [0.25, 0.3) is 10.0 Å². The maximum Gasteiger partial charge on any atom is 0.338 e. The highest BCUT2D eigenvalue weighted by molar-refractivity contribution is 7.92. The molecule has 9 nitrogen and oxygen atoms in total. The average molecular weight is 527 g/mol. The SMILES string of the molecule is CCCCOC(=O)c1ccc(NC(=O)CN(c2ccc(OC)c(OC)c2)S(=O)(=O)c2ccccc2)cc1. The fourth-order valence-electron chi connectivity index (χ4n) is 3.43. The molecule has 0 saturated carbocycles. The minimum absolute atomic E-state index is 0.0310. The molecule has 3 aromatic rings. The summed E-state index contributed by atoms with van der Waals surface area (Å²) < 4.78 is 43.8. The Labute approximate surface area is 217 Å². The molecule has 0 unspecified atom stereocenters. The summed E-state index contributed by atoms with van der Waals surface area (Å²) in [7, 11) is -1.19. The number of methoxy groups -OCH3 is 2. The summed E-state index contributed by atoms with van der Waals surface area (Å²) >= 11 is 0. The molecule has 0 aliphatic rings. The second-order valence-corrected chi connectivity index (χ2v) is 9.84. The molecular formula is C27H30N2O7S. The van der Waals surface area contributed by atoms with Crippen molar-refractivity contribution in [3.8, 4) is 11.5 Å². The van der Waals surface area contributed by atoms with Crippen molar-refractivity contribution in [1.29, 1.82) is 0 Å². The lowest BCUT2D eigenvalue weighted by Gasteiger charge is -2.25. The van der Waals surface area contributed by atoms with Gasteiger partial charge in [-0.3, -0.25) is 9.10 Å². The monoisotopic (exact) mass is 526 g/mol. The molecule has 0 spiro atoms. The van der Waals surface area contributed by atoms with E-state index in [0.717, 1.165) is 17.1 Å².